The van der Waals surface area contributed by atoms with Crippen LogP contribution in [0.5, 0.6) is 0 Å². The normalized spacial score (nSPS) is 15.5. The van der Waals surface area contributed by atoms with Crippen LogP contribution >= 0.6 is 0 Å². The summed E-state index contributed by atoms with van der Waals surface area (Å²) in [6.07, 6.45) is 3.50. The summed E-state index contributed by atoms with van der Waals surface area (Å²) < 4.78 is 7.51. The number of amides is 1. The Balaban J connectivity index is 1.97. The Labute approximate surface area is 140 Å². The number of benzene rings is 1. The van der Waals surface area contributed by atoms with Crippen molar-refractivity contribution in [3.63, 3.8) is 0 Å². The minimum absolute atomic E-state index is 0.0124. The van der Waals surface area contributed by atoms with E-state index in [4.69, 9.17) is 16.2 Å². The third-order valence-corrected chi connectivity index (χ3v) is 3.74. The van der Waals surface area contributed by atoms with Crippen LogP contribution in [0.4, 0.5) is 5.69 Å². The number of carbonyl (C=O) groups is 1. The van der Waals surface area contributed by atoms with E-state index in [-0.39, 0.29) is 12.8 Å². The van der Waals surface area contributed by atoms with Crippen molar-refractivity contribution in [2.24, 2.45) is 11.5 Å². The van der Waals surface area contributed by atoms with Gasteiger partial charge < -0.3 is 16.2 Å². The van der Waals surface area contributed by atoms with Gasteiger partial charge in [-0.3, -0.25) is 14.4 Å². The van der Waals surface area contributed by atoms with Crippen LogP contribution in [0.25, 0.3) is 5.76 Å². The lowest BCUT2D eigenvalue weighted by Gasteiger charge is -2.15. The Hall–Kier alpha value is -2.80. The molecule has 0 saturated carbocycles. The topological polar surface area (TPSA) is 99.4 Å². The lowest BCUT2D eigenvalue weighted by molar-refractivity contribution is -0.114. The van der Waals surface area contributed by atoms with Crippen LogP contribution in [-0.4, -0.2) is 28.5 Å². The van der Waals surface area contributed by atoms with Crippen molar-refractivity contribution in [1.29, 1.82) is 0 Å². The second-order valence-electron chi connectivity index (χ2n) is 6.01. The Bertz CT molecular complexity index is 794. The zero-order valence-corrected chi connectivity index (χ0v) is 13.8. The van der Waals surface area contributed by atoms with Gasteiger partial charge in [-0.25, -0.2) is 0 Å². The summed E-state index contributed by atoms with van der Waals surface area (Å²) in [5, 5.41) is 4.27. The van der Waals surface area contributed by atoms with Crippen molar-refractivity contribution in [3.8, 4) is 0 Å². The summed E-state index contributed by atoms with van der Waals surface area (Å²) in [6.45, 7) is 4.70. The highest BCUT2D eigenvalue weighted by Gasteiger charge is 2.31. The molecule has 1 aromatic heterocycles. The second-order valence-corrected chi connectivity index (χ2v) is 6.01. The highest BCUT2D eigenvalue weighted by molar-refractivity contribution is 6.03. The standard InChI is InChI=1S/C17H21N5O2/c1-11-4-3-5-13(6-11)16-15(17(19)23)22(10-24-16)14-7-20-21(9-14)8-12(2)18/h3-7,9,12H,8,10,18H2,1-2H3,(H2,19,23)/t12-/m0/s1. The molecule has 24 heavy (non-hydrogen) atoms. The van der Waals surface area contributed by atoms with Crippen LogP contribution in [0.15, 0.2) is 42.4 Å². The molecule has 1 atom stereocenters. The molecule has 3 rings (SSSR count). The SMILES string of the molecule is Cc1cccc(C2=C(C(N)=O)N(c3cnn(C[C@H](C)N)c3)CO2)c1. The smallest absolute Gasteiger partial charge is 0.269 e. The lowest BCUT2D eigenvalue weighted by atomic mass is 10.1. The van der Waals surface area contributed by atoms with E-state index in [1.165, 1.54) is 0 Å². The quantitative estimate of drug-likeness (QED) is 0.859. The van der Waals surface area contributed by atoms with E-state index >= 15 is 0 Å². The van der Waals surface area contributed by atoms with Crippen LogP contribution < -0.4 is 16.4 Å². The van der Waals surface area contributed by atoms with Gasteiger partial charge in [0.1, 0.15) is 0 Å². The van der Waals surface area contributed by atoms with Crippen LogP contribution in [-0.2, 0) is 16.1 Å². The first kappa shape index (κ1) is 16.1. The number of rotatable bonds is 5. The van der Waals surface area contributed by atoms with E-state index in [1.807, 2.05) is 44.3 Å². The highest BCUT2D eigenvalue weighted by Crippen LogP contribution is 2.32. The molecule has 4 N–H and O–H groups in total. The maximum absolute atomic E-state index is 12.0. The molecule has 0 unspecified atom stereocenters. The van der Waals surface area contributed by atoms with Crippen LogP contribution in [0.1, 0.15) is 18.1 Å². The van der Waals surface area contributed by atoms with Gasteiger partial charge in [-0.05, 0) is 19.9 Å². The predicted octanol–water partition coefficient (Wildman–Crippen LogP) is 1.19. The van der Waals surface area contributed by atoms with Crippen molar-refractivity contribution in [3.05, 3.63) is 53.5 Å². The maximum Gasteiger partial charge on any atom is 0.269 e. The van der Waals surface area contributed by atoms with Crippen molar-refractivity contribution in [2.75, 3.05) is 11.6 Å². The van der Waals surface area contributed by atoms with Crippen molar-refractivity contribution < 1.29 is 9.53 Å². The van der Waals surface area contributed by atoms with E-state index in [1.54, 1.807) is 15.8 Å². The number of anilines is 1. The third kappa shape index (κ3) is 3.11. The molecule has 0 aliphatic carbocycles. The van der Waals surface area contributed by atoms with E-state index in [9.17, 15) is 4.79 Å². The van der Waals surface area contributed by atoms with E-state index in [0.717, 1.165) is 16.8 Å². The van der Waals surface area contributed by atoms with Crippen LogP contribution in [0.2, 0.25) is 0 Å². The Kier molecular flexibility index (Phi) is 4.26. The molecule has 0 bridgehead atoms. The zero-order valence-electron chi connectivity index (χ0n) is 13.8. The summed E-state index contributed by atoms with van der Waals surface area (Å²) in [5.41, 5.74) is 14.4. The van der Waals surface area contributed by atoms with E-state index < -0.39 is 5.91 Å². The Morgan fingerprint density at radius 3 is 2.92 bits per heavy atom. The van der Waals surface area contributed by atoms with Gasteiger partial charge >= 0.3 is 0 Å². The van der Waals surface area contributed by atoms with Crippen molar-refractivity contribution in [1.82, 2.24) is 9.78 Å². The van der Waals surface area contributed by atoms with Gasteiger partial charge in [0.25, 0.3) is 5.91 Å². The second kappa shape index (κ2) is 6.37. The average Bonchev–Trinajstić information content (AvgIpc) is 3.12. The largest absolute Gasteiger partial charge is 0.470 e. The molecule has 7 heteroatoms. The molecule has 0 saturated heterocycles. The van der Waals surface area contributed by atoms with Gasteiger partial charge in [-0.1, -0.05) is 23.8 Å². The molecule has 2 heterocycles. The molecule has 7 nitrogen and oxygen atoms in total. The number of aryl methyl sites for hydroxylation is 1. The molecule has 1 aliphatic heterocycles. The maximum atomic E-state index is 12.0. The first-order valence-corrected chi connectivity index (χ1v) is 7.75. The molecule has 0 radical (unpaired) electrons. The van der Waals surface area contributed by atoms with Gasteiger partial charge in [-0.15, -0.1) is 0 Å². The van der Waals surface area contributed by atoms with Crippen molar-refractivity contribution in [2.45, 2.75) is 26.4 Å². The number of hydrogen-bond donors (Lipinski definition) is 2. The molecule has 1 aliphatic rings. The fourth-order valence-corrected chi connectivity index (χ4v) is 2.73. The molecule has 0 fully saturated rings. The minimum atomic E-state index is -0.538. The Morgan fingerprint density at radius 2 is 2.25 bits per heavy atom. The number of ether oxygens (including phenoxy) is 1. The number of primary amides is 1. The minimum Gasteiger partial charge on any atom is -0.470 e. The number of nitrogens with zero attached hydrogens (tertiary/aromatic N) is 3. The monoisotopic (exact) mass is 327 g/mol. The van der Waals surface area contributed by atoms with E-state index in [2.05, 4.69) is 5.10 Å². The van der Waals surface area contributed by atoms with Gasteiger partial charge in [0.2, 0.25) is 0 Å². The fraction of sp³-hybridized carbons (Fsp3) is 0.294. The third-order valence-electron chi connectivity index (χ3n) is 3.74. The van der Waals surface area contributed by atoms with Crippen LogP contribution in [0, 0.1) is 6.92 Å². The average molecular weight is 327 g/mol. The summed E-state index contributed by atoms with van der Waals surface area (Å²) in [7, 11) is 0. The van der Waals surface area contributed by atoms with Crippen molar-refractivity contribution >= 4 is 17.4 Å². The summed E-state index contributed by atoms with van der Waals surface area (Å²) in [6, 6.07) is 7.75. The first-order valence-electron chi connectivity index (χ1n) is 7.75. The van der Waals surface area contributed by atoms with Gasteiger partial charge in [-0.2, -0.15) is 5.10 Å². The van der Waals surface area contributed by atoms with Gasteiger partial charge in [0, 0.05) is 17.8 Å². The summed E-state index contributed by atoms with van der Waals surface area (Å²) in [4.78, 5) is 13.8. The molecule has 2 aromatic rings. The number of carbonyl (C=O) groups excluding carboxylic acids is 1. The number of nitrogens with two attached hydrogens (primary N) is 2. The molecule has 1 aromatic carbocycles. The lowest BCUT2D eigenvalue weighted by Crippen LogP contribution is -2.28. The highest BCUT2D eigenvalue weighted by atomic mass is 16.5. The fourth-order valence-electron chi connectivity index (χ4n) is 2.73. The molecule has 1 amide bonds. The molecular formula is C17H21N5O2. The summed E-state index contributed by atoms with van der Waals surface area (Å²) >= 11 is 0. The van der Waals surface area contributed by atoms with E-state index in [0.29, 0.717) is 18.0 Å². The van der Waals surface area contributed by atoms with Gasteiger partial charge in [0.05, 0.1) is 18.4 Å². The molecule has 0 spiro atoms. The van der Waals surface area contributed by atoms with Gasteiger partial charge in [0.15, 0.2) is 18.2 Å². The summed E-state index contributed by atoms with van der Waals surface area (Å²) in [5.74, 6) is -0.0462. The number of aromatic nitrogens is 2. The molecular weight excluding hydrogens is 306 g/mol. The van der Waals surface area contributed by atoms with Crippen LogP contribution in [0.3, 0.4) is 0 Å². The molecule has 126 valence electrons. The zero-order chi connectivity index (χ0) is 17.3. The first-order chi connectivity index (χ1) is 11.5. The Morgan fingerprint density at radius 1 is 1.46 bits per heavy atom. The predicted molar refractivity (Wildman–Crippen MR) is 91.6 cm³/mol. The number of hydrogen-bond acceptors (Lipinski definition) is 5.